The molecular formula is C19H24N6. The zero-order chi connectivity index (χ0) is 17.6. The Hall–Kier alpha value is -2.49. The number of nitrogens with one attached hydrogen (secondary N) is 1. The van der Waals surface area contributed by atoms with Crippen LogP contribution in [-0.2, 0) is 0 Å². The van der Waals surface area contributed by atoms with E-state index >= 15 is 0 Å². The molecule has 1 heterocycles. The topological polar surface area (TPSA) is 114 Å². The lowest BCUT2D eigenvalue weighted by atomic mass is 9.77. The number of nitrogens with two attached hydrogens (primary N) is 2. The van der Waals surface area contributed by atoms with Crippen LogP contribution in [0.5, 0.6) is 0 Å². The fourth-order valence-electron chi connectivity index (χ4n) is 3.21. The minimum absolute atomic E-state index is 0.383. The molecule has 1 fully saturated rings. The first-order valence-corrected chi connectivity index (χ1v) is 8.76. The van der Waals surface area contributed by atoms with Crippen molar-refractivity contribution >= 4 is 16.6 Å². The molecule has 1 aliphatic rings. The van der Waals surface area contributed by atoms with Gasteiger partial charge in [-0.3, -0.25) is 4.98 Å². The first-order valence-electron chi connectivity index (χ1n) is 8.76. The van der Waals surface area contributed by atoms with Crippen LogP contribution in [0, 0.1) is 17.2 Å². The summed E-state index contributed by atoms with van der Waals surface area (Å²) in [6.07, 6.45) is 8.40. The van der Waals surface area contributed by atoms with Crippen LogP contribution in [0.4, 0.5) is 0 Å². The number of hydrogen-bond acceptors (Lipinski definition) is 6. The van der Waals surface area contributed by atoms with Crippen LogP contribution < -0.4 is 16.8 Å². The van der Waals surface area contributed by atoms with E-state index in [1.165, 1.54) is 19.3 Å². The van der Waals surface area contributed by atoms with Crippen molar-refractivity contribution in [2.24, 2.45) is 17.4 Å². The molecule has 6 heteroatoms. The van der Waals surface area contributed by atoms with Crippen LogP contribution >= 0.6 is 0 Å². The molecule has 25 heavy (non-hydrogen) atoms. The smallest absolute Gasteiger partial charge is 0.0992 e. The van der Waals surface area contributed by atoms with Crippen molar-refractivity contribution in [3.8, 4) is 6.07 Å². The third kappa shape index (κ3) is 4.13. The Morgan fingerprint density at radius 1 is 1.32 bits per heavy atom. The van der Waals surface area contributed by atoms with Gasteiger partial charge in [-0.15, -0.1) is 0 Å². The summed E-state index contributed by atoms with van der Waals surface area (Å²) in [5.74, 6) is 0.792. The van der Waals surface area contributed by atoms with Crippen LogP contribution in [-0.4, -0.2) is 29.1 Å². The van der Waals surface area contributed by atoms with Crippen molar-refractivity contribution in [3.63, 3.8) is 0 Å². The molecule has 0 spiro atoms. The Morgan fingerprint density at radius 3 is 2.88 bits per heavy atom. The monoisotopic (exact) mass is 336 g/mol. The van der Waals surface area contributed by atoms with Gasteiger partial charge in [0.2, 0.25) is 0 Å². The number of rotatable bonds is 7. The van der Waals surface area contributed by atoms with Gasteiger partial charge >= 0.3 is 0 Å². The normalized spacial score (nSPS) is 20.1. The molecule has 0 atom stereocenters. The van der Waals surface area contributed by atoms with E-state index in [2.05, 4.69) is 21.4 Å². The molecule has 0 radical (unpaired) electrons. The van der Waals surface area contributed by atoms with E-state index in [4.69, 9.17) is 16.7 Å². The molecule has 130 valence electrons. The molecule has 2 aromatic rings. The maximum Gasteiger partial charge on any atom is 0.0992 e. The minimum Gasteiger partial charge on any atom is -0.388 e. The van der Waals surface area contributed by atoms with Gasteiger partial charge < -0.3 is 16.8 Å². The molecule has 3 rings (SSSR count). The Labute approximate surface area is 147 Å². The summed E-state index contributed by atoms with van der Waals surface area (Å²) in [6, 6.07) is 7.94. The molecule has 0 amide bonds. The fraction of sp³-hybridized carbons (Fsp3) is 0.421. The minimum atomic E-state index is 0.383. The highest BCUT2D eigenvalue weighted by molar-refractivity contribution is 5.78. The second kappa shape index (κ2) is 8.06. The van der Waals surface area contributed by atoms with Gasteiger partial charge in [0, 0.05) is 24.4 Å². The first kappa shape index (κ1) is 17.3. The lowest BCUT2D eigenvalue weighted by Gasteiger charge is -2.35. The lowest BCUT2D eigenvalue weighted by Crippen LogP contribution is -2.39. The zero-order valence-corrected chi connectivity index (χ0v) is 14.3. The quantitative estimate of drug-likeness (QED) is 0.711. The average Bonchev–Trinajstić information content (AvgIpc) is 2.62. The SMILES string of the molecule is N#Cc1ccc2ncc(/C(=C/NC3CC(CCCN)C3)CN)nc2c1. The molecule has 1 saturated carbocycles. The summed E-state index contributed by atoms with van der Waals surface area (Å²) < 4.78 is 0. The lowest BCUT2D eigenvalue weighted by molar-refractivity contribution is 0.223. The maximum absolute atomic E-state index is 9.03. The second-order valence-corrected chi connectivity index (χ2v) is 6.58. The van der Waals surface area contributed by atoms with Gasteiger partial charge in [-0.1, -0.05) is 0 Å². The van der Waals surface area contributed by atoms with Crippen LogP contribution in [0.3, 0.4) is 0 Å². The number of benzene rings is 1. The summed E-state index contributed by atoms with van der Waals surface area (Å²) in [5.41, 5.74) is 15.2. The van der Waals surface area contributed by atoms with E-state index < -0.39 is 0 Å². The Balaban J connectivity index is 1.68. The number of nitriles is 1. The molecule has 1 aromatic heterocycles. The van der Waals surface area contributed by atoms with E-state index in [1.54, 1.807) is 18.3 Å². The third-order valence-electron chi connectivity index (χ3n) is 4.77. The summed E-state index contributed by atoms with van der Waals surface area (Å²) in [5, 5.41) is 12.5. The first-order chi connectivity index (χ1) is 12.2. The van der Waals surface area contributed by atoms with Gasteiger partial charge in [0.15, 0.2) is 0 Å². The highest BCUT2D eigenvalue weighted by Gasteiger charge is 2.27. The predicted octanol–water partition coefficient (Wildman–Crippen LogP) is 1.91. The maximum atomic E-state index is 9.03. The van der Waals surface area contributed by atoms with Crippen molar-refractivity contribution in [1.82, 2.24) is 15.3 Å². The van der Waals surface area contributed by atoms with E-state index in [-0.39, 0.29) is 0 Å². The predicted molar refractivity (Wildman–Crippen MR) is 99.2 cm³/mol. The van der Waals surface area contributed by atoms with Gasteiger partial charge in [0.1, 0.15) is 0 Å². The third-order valence-corrected chi connectivity index (χ3v) is 4.77. The highest BCUT2D eigenvalue weighted by Crippen LogP contribution is 2.31. The van der Waals surface area contributed by atoms with Gasteiger partial charge in [-0.25, -0.2) is 4.98 Å². The zero-order valence-electron chi connectivity index (χ0n) is 14.3. The summed E-state index contributed by atoms with van der Waals surface area (Å²) in [4.78, 5) is 9.04. The van der Waals surface area contributed by atoms with E-state index in [0.717, 1.165) is 35.7 Å². The second-order valence-electron chi connectivity index (χ2n) is 6.58. The van der Waals surface area contributed by atoms with E-state index in [9.17, 15) is 0 Å². The van der Waals surface area contributed by atoms with Gasteiger partial charge in [-0.2, -0.15) is 5.26 Å². The number of aromatic nitrogens is 2. The highest BCUT2D eigenvalue weighted by atomic mass is 14.9. The molecule has 0 saturated heterocycles. The Morgan fingerprint density at radius 2 is 2.16 bits per heavy atom. The van der Waals surface area contributed by atoms with Gasteiger partial charge in [0.25, 0.3) is 0 Å². The van der Waals surface area contributed by atoms with Gasteiger partial charge in [0.05, 0.1) is 34.6 Å². The Kier molecular flexibility index (Phi) is 5.59. The van der Waals surface area contributed by atoms with Crippen molar-refractivity contribution in [1.29, 1.82) is 5.26 Å². The van der Waals surface area contributed by atoms with Crippen molar-refractivity contribution in [3.05, 3.63) is 41.9 Å². The fourth-order valence-corrected chi connectivity index (χ4v) is 3.21. The van der Waals surface area contributed by atoms with E-state index in [1.807, 2.05) is 12.3 Å². The summed E-state index contributed by atoms with van der Waals surface area (Å²) >= 11 is 0. The standard InChI is InChI=1S/C19H24N6/c20-5-1-2-13-6-16(7-13)23-11-15(10-22)19-12-24-17-4-3-14(9-21)8-18(17)25-19/h3-4,8,11-13,16,23H,1-2,5-7,10,20,22H2/b15-11+. The van der Waals surface area contributed by atoms with Crippen molar-refractivity contribution < 1.29 is 0 Å². The molecule has 6 nitrogen and oxygen atoms in total. The Bertz CT molecular complexity index is 801. The largest absolute Gasteiger partial charge is 0.388 e. The molecule has 1 aliphatic carbocycles. The molecule has 1 aromatic carbocycles. The van der Waals surface area contributed by atoms with Crippen molar-refractivity contribution in [2.45, 2.75) is 31.7 Å². The van der Waals surface area contributed by atoms with Gasteiger partial charge in [-0.05, 0) is 56.3 Å². The van der Waals surface area contributed by atoms with Crippen LogP contribution in [0.25, 0.3) is 16.6 Å². The number of nitrogens with zero attached hydrogens (tertiary/aromatic N) is 3. The number of fused-ring (bicyclic) bond motifs is 1. The molecule has 5 N–H and O–H groups in total. The molecule has 0 aliphatic heterocycles. The van der Waals surface area contributed by atoms with Crippen LogP contribution in [0.15, 0.2) is 30.6 Å². The molecule has 0 unspecified atom stereocenters. The van der Waals surface area contributed by atoms with Crippen molar-refractivity contribution in [2.75, 3.05) is 13.1 Å². The molecular weight excluding hydrogens is 312 g/mol. The summed E-state index contributed by atoms with van der Waals surface area (Å²) in [6.45, 7) is 1.16. The van der Waals surface area contributed by atoms with Crippen LogP contribution in [0.2, 0.25) is 0 Å². The molecule has 0 bridgehead atoms. The number of hydrogen-bond donors (Lipinski definition) is 3. The summed E-state index contributed by atoms with van der Waals surface area (Å²) in [7, 11) is 0. The van der Waals surface area contributed by atoms with E-state index in [0.29, 0.717) is 23.7 Å². The van der Waals surface area contributed by atoms with Crippen LogP contribution in [0.1, 0.15) is 36.9 Å². The average molecular weight is 336 g/mol.